The van der Waals surface area contributed by atoms with Gasteiger partial charge >= 0.3 is 0 Å². The fourth-order valence-corrected chi connectivity index (χ4v) is 1.10. The second-order valence-electron chi connectivity index (χ2n) is 2.37. The number of benzene rings is 1. The lowest BCUT2D eigenvalue weighted by atomic mass is 10.2. The molecule has 1 rings (SSSR count). The molecule has 0 atom stereocenters. The summed E-state index contributed by atoms with van der Waals surface area (Å²) in [6, 6.07) is 7.88. The van der Waals surface area contributed by atoms with E-state index in [0.29, 0.717) is 0 Å². The van der Waals surface area contributed by atoms with E-state index in [0.717, 1.165) is 23.7 Å². The Morgan fingerprint density at radius 2 is 2.00 bits per heavy atom. The van der Waals surface area contributed by atoms with Crippen molar-refractivity contribution in [1.82, 2.24) is 5.32 Å². The van der Waals surface area contributed by atoms with Gasteiger partial charge in [0.25, 0.3) is 0 Å². The van der Waals surface area contributed by atoms with Crippen LogP contribution in [0, 0.1) is 0 Å². The van der Waals surface area contributed by atoms with Crippen LogP contribution < -0.4 is 5.32 Å². The minimum Gasteiger partial charge on any atom is -0.313 e. The Balaban J connectivity index is 0.00000121. The topological polar surface area (TPSA) is 12.0 Å². The average Bonchev–Trinajstić information content (AvgIpc) is 2.03. The molecule has 0 amide bonds. The van der Waals surface area contributed by atoms with Crippen LogP contribution in [0.15, 0.2) is 24.3 Å². The third-order valence-electron chi connectivity index (χ3n) is 1.52. The van der Waals surface area contributed by atoms with Crippen molar-refractivity contribution >= 4 is 24.0 Å². The van der Waals surface area contributed by atoms with Crippen LogP contribution in [0.3, 0.4) is 0 Å². The van der Waals surface area contributed by atoms with Crippen LogP contribution >= 0.6 is 24.0 Å². The second-order valence-corrected chi connectivity index (χ2v) is 2.78. The van der Waals surface area contributed by atoms with Gasteiger partial charge in [0.05, 0.1) is 0 Å². The Kier molecular flexibility index (Phi) is 6.17. The van der Waals surface area contributed by atoms with Gasteiger partial charge in [0, 0.05) is 11.6 Å². The summed E-state index contributed by atoms with van der Waals surface area (Å²) < 4.78 is 0. The van der Waals surface area contributed by atoms with Crippen molar-refractivity contribution in [3.8, 4) is 0 Å². The highest BCUT2D eigenvalue weighted by molar-refractivity contribution is 6.31. The first-order valence-corrected chi connectivity index (χ1v) is 4.16. The zero-order valence-corrected chi connectivity index (χ0v) is 8.58. The molecule has 68 valence electrons. The highest BCUT2D eigenvalue weighted by Gasteiger charge is 1.95. The summed E-state index contributed by atoms with van der Waals surface area (Å²) in [5, 5.41) is 4.06. The first kappa shape index (κ1) is 11.8. The van der Waals surface area contributed by atoms with Gasteiger partial charge in [-0.05, 0) is 18.2 Å². The molecule has 3 heteroatoms. The van der Waals surface area contributed by atoms with E-state index in [2.05, 4.69) is 12.2 Å². The summed E-state index contributed by atoms with van der Waals surface area (Å²) in [6.45, 7) is 3.91. The van der Waals surface area contributed by atoms with Crippen LogP contribution in [0.25, 0.3) is 0 Å². The SMILES string of the molecule is CCNCc1ccccc1Cl.Cl. The van der Waals surface area contributed by atoms with E-state index < -0.39 is 0 Å². The summed E-state index contributed by atoms with van der Waals surface area (Å²) in [7, 11) is 0. The molecule has 0 unspecified atom stereocenters. The molecule has 0 saturated carbocycles. The van der Waals surface area contributed by atoms with Crippen molar-refractivity contribution in [1.29, 1.82) is 0 Å². The normalized spacial score (nSPS) is 9.17. The molecule has 0 aromatic heterocycles. The second kappa shape index (κ2) is 6.30. The zero-order valence-electron chi connectivity index (χ0n) is 7.01. The number of rotatable bonds is 3. The molecule has 0 radical (unpaired) electrons. The van der Waals surface area contributed by atoms with Gasteiger partial charge in [0.1, 0.15) is 0 Å². The van der Waals surface area contributed by atoms with Gasteiger partial charge in [0.15, 0.2) is 0 Å². The van der Waals surface area contributed by atoms with Gasteiger partial charge in [0.2, 0.25) is 0 Å². The molecule has 1 aromatic carbocycles. The average molecular weight is 206 g/mol. The molecule has 0 saturated heterocycles. The number of hydrogen-bond donors (Lipinski definition) is 1. The molecule has 0 aliphatic heterocycles. The van der Waals surface area contributed by atoms with E-state index in [4.69, 9.17) is 11.6 Å². The lowest BCUT2D eigenvalue weighted by molar-refractivity contribution is 0.727. The minimum absolute atomic E-state index is 0. The van der Waals surface area contributed by atoms with Crippen molar-refractivity contribution < 1.29 is 0 Å². The van der Waals surface area contributed by atoms with Crippen LogP contribution in [-0.4, -0.2) is 6.54 Å². The molecule has 0 spiro atoms. The van der Waals surface area contributed by atoms with Gasteiger partial charge < -0.3 is 5.32 Å². The largest absolute Gasteiger partial charge is 0.313 e. The summed E-state index contributed by atoms with van der Waals surface area (Å²) >= 11 is 5.92. The Morgan fingerprint density at radius 3 is 2.58 bits per heavy atom. The molecule has 0 heterocycles. The van der Waals surface area contributed by atoms with Gasteiger partial charge in [-0.15, -0.1) is 12.4 Å². The van der Waals surface area contributed by atoms with E-state index in [9.17, 15) is 0 Å². The van der Waals surface area contributed by atoms with Crippen molar-refractivity contribution in [2.45, 2.75) is 13.5 Å². The standard InChI is InChI=1S/C9H12ClN.ClH/c1-2-11-7-8-5-3-4-6-9(8)10;/h3-6,11H,2,7H2,1H3;1H. The predicted octanol–water partition coefficient (Wildman–Crippen LogP) is 2.87. The maximum Gasteiger partial charge on any atom is 0.0450 e. The van der Waals surface area contributed by atoms with E-state index in [1.165, 1.54) is 0 Å². The Hall–Kier alpha value is -0.240. The van der Waals surface area contributed by atoms with Crippen LogP contribution in [0.5, 0.6) is 0 Å². The van der Waals surface area contributed by atoms with Crippen molar-refractivity contribution in [3.05, 3.63) is 34.9 Å². The highest BCUT2D eigenvalue weighted by atomic mass is 35.5. The van der Waals surface area contributed by atoms with Gasteiger partial charge in [-0.25, -0.2) is 0 Å². The van der Waals surface area contributed by atoms with Crippen LogP contribution in [0.2, 0.25) is 5.02 Å². The summed E-state index contributed by atoms with van der Waals surface area (Å²) in [5.41, 5.74) is 1.16. The molecule has 0 bridgehead atoms. The molecular weight excluding hydrogens is 193 g/mol. The molecular formula is C9H13Cl2N. The first-order chi connectivity index (χ1) is 5.34. The Morgan fingerprint density at radius 1 is 1.33 bits per heavy atom. The number of halogens is 2. The highest BCUT2D eigenvalue weighted by Crippen LogP contribution is 2.13. The summed E-state index contributed by atoms with van der Waals surface area (Å²) in [4.78, 5) is 0. The fourth-order valence-electron chi connectivity index (χ4n) is 0.901. The zero-order chi connectivity index (χ0) is 8.10. The van der Waals surface area contributed by atoms with Gasteiger partial charge in [-0.3, -0.25) is 0 Å². The molecule has 1 N–H and O–H groups in total. The first-order valence-electron chi connectivity index (χ1n) is 3.78. The van der Waals surface area contributed by atoms with Crippen molar-refractivity contribution in [3.63, 3.8) is 0 Å². The minimum atomic E-state index is 0. The van der Waals surface area contributed by atoms with Gasteiger partial charge in [-0.2, -0.15) is 0 Å². The fraction of sp³-hybridized carbons (Fsp3) is 0.333. The van der Waals surface area contributed by atoms with Gasteiger partial charge in [-0.1, -0.05) is 36.7 Å². The Labute approximate surface area is 84.5 Å². The molecule has 12 heavy (non-hydrogen) atoms. The van der Waals surface area contributed by atoms with E-state index in [1.807, 2.05) is 24.3 Å². The van der Waals surface area contributed by atoms with Crippen molar-refractivity contribution in [2.24, 2.45) is 0 Å². The van der Waals surface area contributed by atoms with Crippen molar-refractivity contribution in [2.75, 3.05) is 6.54 Å². The molecule has 1 aromatic rings. The van der Waals surface area contributed by atoms with E-state index in [-0.39, 0.29) is 12.4 Å². The van der Waals surface area contributed by atoms with Crippen LogP contribution in [-0.2, 0) is 6.54 Å². The third-order valence-corrected chi connectivity index (χ3v) is 1.89. The lowest BCUT2D eigenvalue weighted by Gasteiger charge is -2.02. The Bertz CT molecular complexity index is 226. The number of hydrogen-bond acceptors (Lipinski definition) is 1. The molecule has 0 aliphatic carbocycles. The number of nitrogens with one attached hydrogen (secondary N) is 1. The quantitative estimate of drug-likeness (QED) is 0.801. The third kappa shape index (κ3) is 3.44. The van der Waals surface area contributed by atoms with Crippen LogP contribution in [0.1, 0.15) is 12.5 Å². The lowest BCUT2D eigenvalue weighted by Crippen LogP contribution is -2.11. The molecule has 0 fully saturated rings. The maximum atomic E-state index is 5.92. The van der Waals surface area contributed by atoms with Crippen LogP contribution in [0.4, 0.5) is 0 Å². The predicted molar refractivity (Wildman–Crippen MR) is 56.1 cm³/mol. The summed E-state index contributed by atoms with van der Waals surface area (Å²) in [6.07, 6.45) is 0. The smallest absolute Gasteiger partial charge is 0.0450 e. The monoisotopic (exact) mass is 205 g/mol. The molecule has 0 aliphatic rings. The van der Waals surface area contributed by atoms with E-state index in [1.54, 1.807) is 0 Å². The summed E-state index contributed by atoms with van der Waals surface area (Å²) in [5.74, 6) is 0. The van der Waals surface area contributed by atoms with E-state index >= 15 is 0 Å². The molecule has 1 nitrogen and oxygen atoms in total. The maximum absolute atomic E-state index is 5.92.